The van der Waals surface area contributed by atoms with Gasteiger partial charge in [-0.3, -0.25) is 14.5 Å². The van der Waals surface area contributed by atoms with E-state index in [-0.39, 0.29) is 17.4 Å². The van der Waals surface area contributed by atoms with Crippen molar-refractivity contribution in [3.05, 3.63) is 23.3 Å². The monoisotopic (exact) mass is 293 g/mol. The lowest BCUT2D eigenvalue weighted by Gasteiger charge is -2.30. The third-order valence-electron chi connectivity index (χ3n) is 3.86. The van der Waals surface area contributed by atoms with Crippen LogP contribution in [0.1, 0.15) is 28.8 Å². The molecule has 1 aromatic carbocycles. The molecule has 0 atom stereocenters. The van der Waals surface area contributed by atoms with Gasteiger partial charge in [-0.1, -0.05) is 0 Å². The summed E-state index contributed by atoms with van der Waals surface area (Å²) >= 11 is 0. The van der Waals surface area contributed by atoms with Gasteiger partial charge in [0.25, 0.3) is 0 Å². The molecule has 0 radical (unpaired) electrons. The maximum absolute atomic E-state index is 10.9. The molecular formula is C15H19NO5. The van der Waals surface area contributed by atoms with Crippen LogP contribution in [0.4, 0.5) is 0 Å². The van der Waals surface area contributed by atoms with Gasteiger partial charge < -0.3 is 14.9 Å². The standard InChI is InChI=1S/C15H19NO5/c1-21-13-7-10(9-17)6-12(14(13)18)8-16-4-2-11(3-5-16)15(19)20/h6-7,9,11,18H,2-5,8H2,1H3,(H,19,20). The maximum Gasteiger partial charge on any atom is 0.306 e. The largest absolute Gasteiger partial charge is 0.504 e. The summed E-state index contributed by atoms with van der Waals surface area (Å²) < 4.78 is 5.06. The van der Waals surface area contributed by atoms with E-state index in [0.29, 0.717) is 49.9 Å². The first-order chi connectivity index (χ1) is 10.0. The van der Waals surface area contributed by atoms with E-state index in [1.165, 1.54) is 13.2 Å². The van der Waals surface area contributed by atoms with Gasteiger partial charge in [0.15, 0.2) is 11.5 Å². The van der Waals surface area contributed by atoms with Crippen LogP contribution < -0.4 is 4.74 Å². The van der Waals surface area contributed by atoms with E-state index in [1.54, 1.807) is 6.07 Å². The minimum absolute atomic E-state index is 0.0310. The van der Waals surface area contributed by atoms with Crippen LogP contribution in [0.5, 0.6) is 11.5 Å². The molecule has 0 aliphatic carbocycles. The molecule has 2 N–H and O–H groups in total. The van der Waals surface area contributed by atoms with Crippen LogP contribution >= 0.6 is 0 Å². The Morgan fingerprint density at radius 2 is 2.10 bits per heavy atom. The van der Waals surface area contributed by atoms with Gasteiger partial charge in [0.1, 0.15) is 6.29 Å². The number of piperidine rings is 1. The van der Waals surface area contributed by atoms with E-state index in [9.17, 15) is 14.7 Å². The molecule has 0 spiro atoms. The Balaban J connectivity index is 2.10. The van der Waals surface area contributed by atoms with Crippen LogP contribution in [0, 0.1) is 5.92 Å². The van der Waals surface area contributed by atoms with Crippen LogP contribution in [-0.4, -0.2) is 47.6 Å². The minimum Gasteiger partial charge on any atom is -0.504 e. The predicted molar refractivity (Wildman–Crippen MR) is 75.7 cm³/mol. The number of methoxy groups -OCH3 is 1. The van der Waals surface area contributed by atoms with Crippen molar-refractivity contribution >= 4 is 12.3 Å². The number of phenolic OH excluding ortho intramolecular Hbond substituents is 1. The molecule has 1 fully saturated rings. The second-order valence-corrected chi connectivity index (χ2v) is 5.24. The average Bonchev–Trinajstić information content (AvgIpc) is 2.49. The Hall–Kier alpha value is -2.08. The Morgan fingerprint density at radius 1 is 1.43 bits per heavy atom. The number of carbonyl (C=O) groups is 2. The van der Waals surface area contributed by atoms with Crippen molar-refractivity contribution in [2.45, 2.75) is 19.4 Å². The SMILES string of the molecule is COc1cc(C=O)cc(CN2CCC(C(=O)O)CC2)c1O. The number of benzene rings is 1. The summed E-state index contributed by atoms with van der Waals surface area (Å²) in [5.74, 6) is -0.730. The fraction of sp³-hybridized carbons (Fsp3) is 0.467. The fourth-order valence-electron chi connectivity index (χ4n) is 2.61. The van der Waals surface area contributed by atoms with Gasteiger partial charge in [0, 0.05) is 17.7 Å². The van der Waals surface area contributed by atoms with Crippen molar-refractivity contribution in [3.8, 4) is 11.5 Å². The normalized spacial score (nSPS) is 16.6. The number of likely N-dealkylation sites (tertiary alicyclic amines) is 1. The second-order valence-electron chi connectivity index (χ2n) is 5.24. The molecule has 1 aromatic rings. The molecule has 0 amide bonds. The first-order valence-electron chi connectivity index (χ1n) is 6.85. The summed E-state index contributed by atoms with van der Waals surface area (Å²) in [7, 11) is 1.44. The topological polar surface area (TPSA) is 87.1 Å². The number of carboxylic acids is 1. The molecule has 6 nitrogen and oxygen atoms in total. The predicted octanol–water partition coefficient (Wildman–Crippen LogP) is 1.51. The number of carbonyl (C=O) groups excluding carboxylic acids is 1. The van der Waals surface area contributed by atoms with Gasteiger partial charge >= 0.3 is 5.97 Å². The molecule has 1 heterocycles. The highest BCUT2D eigenvalue weighted by Gasteiger charge is 2.25. The molecule has 1 aliphatic rings. The number of nitrogens with zero attached hydrogens (tertiary/aromatic N) is 1. The molecule has 2 rings (SSSR count). The number of rotatable bonds is 5. The molecule has 0 aromatic heterocycles. The Morgan fingerprint density at radius 3 is 2.62 bits per heavy atom. The van der Waals surface area contributed by atoms with Crippen molar-refractivity contribution < 1.29 is 24.5 Å². The van der Waals surface area contributed by atoms with Crippen molar-refractivity contribution in [2.24, 2.45) is 5.92 Å². The molecular weight excluding hydrogens is 274 g/mol. The number of phenols is 1. The van der Waals surface area contributed by atoms with Crippen molar-refractivity contribution in [3.63, 3.8) is 0 Å². The fourth-order valence-corrected chi connectivity index (χ4v) is 2.61. The van der Waals surface area contributed by atoms with Gasteiger partial charge in [0.2, 0.25) is 0 Å². The summed E-state index contributed by atoms with van der Waals surface area (Å²) in [6.45, 7) is 1.78. The third kappa shape index (κ3) is 3.52. The van der Waals surface area contributed by atoms with Crippen molar-refractivity contribution in [2.75, 3.05) is 20.2 Å². The summed E-state index contributed by atoms with van der Waals surface area (Å²) in [5.41, 5.74) is 1.06. The highest BCUT2D eigenvalue weighted by Crippen LogP contribution is 2.32. The molecule has 0 bridgehead atoms. The average molecular weight is 293 g/mol. The molecule has 6 heteroatoms. The minimum atomic E-state index is -0.748. The zero-order chi connectivity index (χ0) is 15.4. The van der Waals surface area contributed by atoms with Crippen molar-refractivity contribution in [1.82, 2.24) is 4.90 Å². The summed E-state index contributed by atoms with van der Waals surface area (Å²) in [6.07, 6.45) is 1.91. The second kappa shape index (κ2) is 6.58. The van der Waals surface area contributed by atoms with Crippen LogP contribution in [0.3, 0.4) is 0 Å². The zero-order valence-electron chi connectivity index (χ0n) is 11.9. The van der Waals surface area contributed by atoms with Crippen LogP contribution in [-0.2, 0) is 11.3 Å². The lowest BCUT2D eigenvalue weighted by Crippen LogP contribution is -2.35. The number of aliphatic carboxylic acids is 1. The van der Waals surface area contributed by atoms with E-state index in [2.05, 4.69) is 4.90 Å². The van der Waals surface area contributed by atoms with E-state index < -0.39 is 5.97 Å². The molecule has 0 saturated carbocycles. The number of hydrogen-bond donors (Lipinski definition) is 2. The third-order valence-corrected chi connectivity index (χ3v) is 3.86. The number of carboxylic acid groups (broad SMARTS) is 1. The quantitative estimate of drug-likeness (QED) is 0.800. The maximum atomic E-state index is 10.9. The molecule has 21 heavy (non-hydrogen) atoms. The molecule has 1 aliphatic heterocycles. The Kier molecular flexibility index (Phi) is 4.80. The van der Waals surface area contributed by atoms with Gasteiger partial charge in [-0.15, -0.1) is 0 Å². The van der Waals surface area contributed by atoms with E-state index >= 15 is 0 Å². The lowest BCUT2D eigenvalue weighted by molar-refractivity contribution is -0.143. The zero-order valence-corrected chi connectivity index (χ0v) is 11.9. The Labute approximate surface area is 122 Å². The van der Waals surface area contributed by atoms with E-state index in [0.717, 1.165) is 0 Å². The van der Waals surface area contributed by atoms with Gasteiger partial charge in [-0.05, 0) is 38.1 Å². The smallest absolute Gasteiger partial charge is 0.306 e. The highest BCUT2D eigenvalue weighted by molar-refractivity contribution is 5.77. The first kappa shape index (κ1) is 15.3. The number of ether oxygens (including phenoxy) is 1. The lowest BCUT2D eigenvalue weighted by atomic mass is 9.96. The molecule has 1 saturated heterocycles. The number of aldehydes is 1. The van der Waals surface area contributed by atoms with Crippen molar-refractivity contribution in [1.29, 1.82) is 0 Å². The number of aromatic hydroxyl groups is 1. The van der Waals surface area contributed by atoms with Gasteiger partial charge in [0.05, 0.1) is 13.0 Å². The van der Waals surface area contributed by atoms with Crippen LogP contribution in [0.2, 0.25) is 0 Å². The van der Waals surface area contributed by atoms with Crippen LogP contribution in [0.25, 0.3) is 0 Å². The Bertz CT molecular complexity index is 535. The van der Waals surface area contributed by atoms with E-state index in [1.807, 2.05) is 0 Å². The van der Waals surface area contributed by atoms with Gasteiger partial charge in [-0.25, -0.2) is 0 Å². The molecule has 0 unspecified atom stereocenters. The summed E-state index contributed by atoms with van der Waals surface area (Å²) in [6, 6.07) is 3.12. The number of hydrogen-bond acceptors (Lipinski definition) is 5. The van der Waals surface area contributed by atoms with E-state index in [4.69, 9.17) is 9.84 Å². The van der Waals surface area contributed by atoms with Crippen LogP contribution in [0.15, 0.2) is 12.1 Å². The molecule has 114 valence electrons. The first-order valence-corrected chi connectivity index (χ1v) is 6.85. The summed E-state index contributed by atoms with van der Waals surface area (Å²) in [5, 5.41) is 19.1. The highest BCUT2D eigenvalue weighted by atomic mass is 16.5. The van der Waals surface area contributed by atoms with Gasteiger partial charge in [-0.2, -0.15) is 0 Å². The summed E-state index contributed by atoms with van der Waals surface area (Å²) in [4.78, 5) is 23.9.